The SMILES string of the molecule is CC(C)[C@@H](C)n1nccc1NC(=O)N1CCN(CCO)CC1. The Bertz CT molecular complexity index is 480. The highest BCUT2D eigenvalue weighted by atomic mass is 16.3. The number of aromatic nitrogens is 2. The zero-order chi connectivity index (χ0) is 16.1. The first-order valence-electron chi connectivity index (χ1n) is 7.95. The van der Waals surface area contributed by atoms with E-state index in [1.54, 1.807) is 6.20 Å². The van der Waals surface area contributed by atoms with E-state index in [4.69, 9.17) is 5.11 Å². The largest absolute Gasteiger partial charge is 0.395 e. The number of nitrogens with one attached hydrogen (secondary N) is 1. The van der Waals surface area contributed by atoms with Gasteiger partial charge in [0.25, 0.3) is 0 Å². The van der Waals surface area contributed by atoms with Gasteiger partial charge in [-0.2, -0.15) is 5.10 Å². The smallest absolute Gasteiger partial charge is 0.323 e. The van der Waals surface area contributed by atoms with E-state index < -0.39 is 0 Å². The van der Waals surface area contributed by atoms with Gasteiger partial charge in [-0.3, -0.25) is 10.2 Å². The van der Waals surface area contributed by atoms with Crippen molar-refractivity contribution in [3.63, 3.8) is 0 Å². The molecular formula is C15H27N5O2. The molecule has 2 rings (SSSR count). The number of amides is 2. The quantitative estimate of drug-likeness (QED) is 0.858. The number of urea groups is 1. The maximum Gasteiger partial charge on any atom is 0.323 e. The zero-order valence-corrected chi connectivity index (χ0v) is 13.7. The molecule has 124 valence electrons. The maximum absolute atomic E-state index is 12.4. The fourth-order valence-corrected chi connectivity index (χ4v) is 2.52. The van der Waals surface area contributed by atoms with Gasteiger partial charge in [0.1, 0.15) is 5.82 Å². The van der Waals surface area contributed by atoms with Crippen LogP contribution in [-0.2, 0) is 0 Å². The molecule has 0 radical (unpaired) electrons. The Hall–Kier alpha value is -1.60. The van der Waals surface area contributed by atoms with E-state index >= 15 is 0 Å². The van der Waals surface area contributed by atoms with Crippen LogP contribution in [0.5, 0.6) is 0 Å². The van der Waals surface area contributed by atoms with Gasteiger partial charge in [0, 0.05) is 38.8 Å². The van der Waals surface area contributed by atoms with Crippen LogP contribution >= 0.6 is 0 Å². The molecule has 1 saturated heterocycles. The normalized spacial score (nSPS) is 17.8. The average molecular weight is 309 g/mol. The number of piperazine rings is 1. The summed E-state index contributed by atoms with van der Waals surface area (Å²) in [6.07, 6.45) is 1.72. The molecule has 0 aromatic carbocycles. The van der Waals surface area contributed by atoms with Crippen LogP contribution in [0, 0.1) is 5.92 Å². The van der Waals surface area contributed by atoms with Gasteiger partial charge >= 0.3 is 6.03 Å². The predicted molar refractivity (Wildman–Crippen MR) is 85.9 cm³/mol. The van der Waals surface area contributed by atoms with Gasteiger partial charge in [0.15, 0.2) is 0 Å². The van der Waals surface area contributed by atoms with Crippen LogP contribution in [0.15, 0.2) is 12.3 Å². The van der Waals surface area contributed by atoms with Gasteiger partial charge in [-0.15, -0.1) is 0 Å². The Kier molecular flexibility index (Phi) is 5.79. The summed E-state index contributed by atoms with van der Waals surface area (Å²) in [6, 6.07) is 1.98. The summed E-state index contributed by atoms with van der Waals surface area (Å²) in [5.74, 6) is 1.18. The summed E-state index contributed by atoms with van der Waals surface area (Å²) in [7, 11) is 0. The number of carbonyl (C=O) groups is 1. The summed E-state index contributed by atoms with van der Waals surface area (Å²) in [5, 5.41) is 16.2. The second-order valence-corrected chi connectivity index (χ2v) is 6.13. The van der Waals surface area contributed by atoms with Crippen molar-refractivity contribution in [2.75, 3.05) is 44.6 Å². The third kappa shape index (κ3) is 3.98. The molecule has 0 bridgehead atoms. The summed E-state index contributed by atoms with van der Waals surface area (Å²) in [5.41, 5.74) is 0. The van der Waals surface area contributed by atoms with Crippen molar-refractivity contribution in [2.45, 2.75) is 26.8 Å². The van der Waals surface area contributed by atoms with Crippen LogP contribution in [0.1, 0.15) is 26.8 Å². The molecule has 1 aliphatic rings. The number of nitrogens with zero attached hydrogens (tertiary/aromatic N) is 4. The van der Waals surface area contributed by atoms with Crippen molar-refractivity contribution in [1.82, 2.24) is 19.6 Å². The van der Waals surface area contributed by atoms with Gasteiger partial charge < -0.3 is 10.0 Å². The molecule has 1 aliphatic heterocycles. The molecule has 22 heavy (non-hydrogen) atoms. The monoisotopic (exact) mass is 309 g/mol. The third-order valence-corrected chi connectivity index (χ3v) is 4.33. The highest BCUT2D eigenvalue weighted by molar-refractivity contribution is 5.88. The number of rotatable bonds is 5. The van der Waals surface area contributed by atoms with E-state index in [0.717, 1.165) is 18.9 Å². The van der Waals surface area contributed by atoms with E-state index in [2.05, 4.69) is 36.1 Å². The first kappa shape index (κ1) is 16.8. The molecule has 2 N–H and O–H groups in total. The molecule has 2 amide bonds. The summed E-state index contributed by atoms with van der Waals surface area (Å²) in [6.45, 7) is 10.2. The maximum atomic E-state index is 12.4. The van der Waals surface area contributed by atoms with Crippen molar-refractivity contribution >= 4 is 11.8 Å². The van der Waals surface area contributed by atoms with Crippen LogP contribution in [0.3, 0.4) is 0 Å². The molecular weight excluding hydrogens is 282 g/mol. The van der Waals surface area contributed by atoms with Crippen LogP contribution < -0.4 is 5.32 Å². The van der Waals surface area contributed by atoms with E-state index in [1.165, 1.54) is 0 Å². The molecule has 2 heterocycles. The number of β-amino-alcohol motifs (C(OH)–C–C–N with tert-alkyl or cyclic N) is 1. The minimum absolute atomic E-state index is 0.0821. The molecule has 7 nitrogen and oxygen atoms in total. The zero-order valence-electron chi connectivity index (χ0n) is 13.7. The van der Waals surface area contributed by atoms with Gasteiger partial charge in [0.2, 0.25) is 0 Å². The number of hydrogen-bond acceptors (Lipinski definition) is 4. The topological polar surface area (TPSA) is 73.6 Å². The number of anilines is 1. The number of aliphatic hydroxyl groups is 1. The first-order valence-corrected chi connectivity index (χ1v) is 7.95. The predicted octanol–water partition coefficient (Wildman–Crippen LogP) is 1.24. The second kappa shape index (κ2) is 7.60. The van der Waals surface area contributed by atoms with E-state index in [9.17, 15) is 4.79 Å². The molecule has 1 fully saturated rings. The Balaban J connectivity index is 1.92. The average Bonchev–Trinajstić information content (AvgIpc) is 2.95. The molecule has 0 saturated carbocycles. The summed E-state index contributed by atoms with van der Waals surface area (Å²) >= 11 is 0. The fraction of sp³-hybridized carbons (Fsp3) is 0.733. The molecule has 1 aromatic rings. The lowest BCUT2D eigenvalue weighted by molar-refractivity contribution is 0.127. The highest BCUT2D eigenvalue weighted by Crippen LogP contribution is 2.21. The number of hydrogen-bond donors (Lipinski definition) is 2. The lowest BCUT2D eigenvalue weighted by atomic mass is 10.1. The van der Waals surface area contributed by atoms with Crippen molar-refractivity contribution in [3.05, 3.63) is 12.3 Å². The standard InChI is InChI=1S/C15H27N5O2/c1-12(2)13(3)20-14(4-5-16-20)17-15(22)19-8-6-18(7-9-19)10-11-21/h4-5,12-13,21H,6-11H2,1-3H3,(H,17,22)/t13-/m1/s1. The van der Waals surface area contributed by atoms with E-state index in [1.807, 2.05) is 15.6 Å². The molecule has 0 spiro atoms. The van der Waals surface area contributed by atoms with Gasteiger partial charge in [-0.1, -0.05) is 13.8 Å². The number of carbonyl (C=O) groups excluding carboxylic acids is 1. The van der Waals surface area contributed by atoms with Crippen LogP contribution in [0.2, 0.25) is 0 Å². The molecule has 1 atom stereocenters. The van der Waals surface area contributed by atoms with Crippen molar-refractivity contribution in [2.24, 2.45) is 5.92 Å². The minimum atomic E-state index is -0.0821. The Morgan fingerprint density at radius 1 is 1.32 bits per heavy atom. The van der Waals surface area contributed by atoms with Gasteiger partial charge in [0.05, 0.1) is 18.8 Å². The van der Waals surface area contributed by atoms with Gasteiger partial charge in [-0.05, 0) is 12.8 Å². The summed E-state index contributed by atoms with van der Waals surface area (Å²) in [4.78, 5) is 16.4. The van der Waals surface area contributed by atoms with E-state index in [0.29, 0.717) is 25.6 Å². The molecule has 0 aliphatic carbocycles. The van der Waals surface area contributed by atoms with Crippen LogP contribution in [-0.4, -0.2) is 70.0 Å². The third-order valence-electron chi connectivity index (χ3n) is 4.33. The fourth-order valence-electron chi connectivity index (χ4n) is 2.52. The molecule has 7 heteroatoms. The Morgan fingerprint density at radius 3 is 2.59 bits per heavy atom. The Labute approximate surface area is 131 Å². The van der Waals surface area contributed by atoms with Crippen molar-refractivity contribution in [3.8, 4) is 0 Å². The van der Waals surface area contributed by atoms with Crippen LogP contribution in [0.25, 0.3) is 0 Å². The summed E-state index contributed by atoms with van der Waals surface area (Å²) < 4.78 is 1.87. The highest BCUT2D eigenvalue weighted by Gasteiger charge is 2.22. The van der Waals surface area contributed by atoms with Crippen molar-refractivity contribution in [1.29, 1.82) is 0 Å². The lowest BCUT2D eigenvalue weighted by Crippen LogP contribution is -2.50. The minimum Gasteiger partial charge on any atom is -0.395 e. The molecule has 0 unspecified atom stereocenters. The lowest BCUT2D eigenvalue weighted by Gasteiger charge is -2.34. The van der Waals surface area contributed by atoms with E-state index in [-0.39, 0.29) is 18.7 Å². The number of aliphatic hydroxyl groups excluding tert-OH is 1. The van der Waals surface area contributed by atoms with Crippen molar-refractivity contribution < 1.29 is 9.90 Å². The first-order chi connectivity index (χ1) is 10.5. The Morgan fingerprint density at radius 2 is 2.00 bits per heavy atom. The second-order valence-electron chi connectivity index (χ2n) is 6.13. The van der Waals surface area contributed by atoms with Gasteiger partial charge in [-0.25, -0.2) is 9.48 Å². The molecule has 1 aromatic heterocycles. The van der Waals surface area contributed by atoms with Crippen LogP contribution in [0.4, 0.5) is 10.6 Å².